The highest BCUT2D eigenvalue weighted by atomic mass is 32.2. The molecule has 1 aliphatic heterocycles. The Kier molecular flexibility index (Phi) is 5.47. The van der Waals surface area contributed by atoms with Crippen LogP contribution in [0.15, 0.2) is 77.7 Å². The molecule has 1 atom stereocenters. The molecule has 2 N–H and O–H groups in total. The number of fused-ring (bicyclic) bond motifs is 1. The number of nitrogens with zero attached hydrogens (tertiary/aromatic N) is 2. The number of benzene rings is 3. The van der Waals surface area contributed by atoms with Crippen molar-refractivity contribution < 1.29 is 13.2 Å². The van der Waals surface area contributed by atoms with Crippen molar-refractivity contribution in [2.45, 2.75) is 30.7 Å². The zero-order chi connectivity index (χ0) is 23.0. The van der Waals surface area contributed by atoms with E-state index in [4.69, 9.17) is 0 Å². The van der Waals surface area contributed by atoms with Crippen LogP contribution < -0.4 is 5.32 Å². The molecule has 1 amide bonds. The average molecular weight is 461 g/mol. The van der Waals surface area contributed by atoms with Crippen molar-refractivity contribution >= 4 is 32.7 Å². The maximum Gasteiger partial charge on any atom is 0.243 e. The number of anilines is 1. The number of imidazole rings is 1. The minimum atomic E-state index is -3.77. The zero-order valence-corrected chi connectivity index (χ0v) is 19.0. The fourth-order valence-electron chi connectivity index (χ4n) is 4.23. The van der Waals surface area contributed by atoms with Crippen molar-refractivity contribution in [2.75, 3.05) is 11.9 Å². The summed E-state index contributed by atoms with van der Waals surface area (Å²) in [6, 6.07) is 21.1. The van der Waals surface area contributed by atoms with Gasteiger partial charge in [-0.05, 0) is 56.2 Å². The second kappa shape index (κ2) is 8.46. The van der Waals surface area contributed by atoms with Crippen molar-refractivity contribution in [3.05, 3.63) is 78.4 Å². The molecular formula is C25H24N4O3S. The van der Waals surface area contributed by atoms with E-state index in [1.807, 2.05) is 49.4 Å². The lowest BCUT2D eigenvalue weighted by molar-refractivity contribution is -0.119. The smallest absolute Gasteiger partial charge is 0.243 e. The maximum atomic E-state index is 13.3. The normalized spacial score (nSPS) is 16.8. The Bertz CT molecular complexity index is 1390. The number of hydrogen-bond donors (Lipinski definition) is 2. The Morgan fingerprint density at radius 2 is 1.76 bits per heavy atom. The van der Waals surface area contributed by atoms with Gasteiger partial charge < -0.3 is 10.3 Å². The van der Waals surface area contributed by atoms with Gasteiger partial charge in [0, 0.05) is 12.1 Å². The van der Waals surface area contributed by atoms with E-state index in [-0.39, 0.29) is 10.8 Å². The van der Waals surface area contributed by atoms with Crippen LogP contribution in [0.1, 0.15) is 18.4 Å². The van der Waals surface area contributed by atoms with Gasteiger partial charge in [-0.3, -0.25) is 4.79 Å². The first-order valence-corrected chi connectivity index (χ1v) is 12.3. The fraction of sp³-hybridized carbons (Fsp3) is 0.200. The third kappa shape index (κ3) is 4.03. The summed E-state index contributed by atoms with van der Waals surface area (Å²) in [5.74, 6) is 0.300. The van der Waals surface area contributed by atoms with E-state index in [2.05, 4.69) is 15.3 Å². The number of sulfonamides is 1. The molecule has 0 aliphatic carbocycles. The Balaban J connectivity index is 1.42. The third-order valence-electron chi connectivity index (χ3n) is 5.96. The predicted molar refractivity (Wildman–Crippen MR) is 128 cm³/mol. The summed E-state index contributed by atoms with van der Waals surface area (Å²) in [5.41, 5.74) is 4.04. The van der Waals surface area contributed by atoms with E-state index in [1.54, 1.807) is 30.3 Å². The number of aryl methyl sites for hydroxylation is 1. The van der Waals surface area contributed by atoms with Gasteiger partial charge in [0.05, 0.1) is 21.6 Å². The van der Waals surface area contributed by atoms with Gasteiger partial charge in [-0.1, -0.05) is 42.0 Å². The minimum absolute atomic E-state index is 0.204. The standard InChI is InChI=1S/C25H24N4O3S/c1-17-12-14-18(15-13-17)33(31,32)29-16-6-11-23(29)25(30)28-20-8-3-2-7-19(20)24-26-21-9-4-5-10-22(21)27-24/h2-5,7-10,12-15,23H,6,11,16H2,1H3,(H,26,27)(H,28,30). The molecule has 0 bridgehead atoms. The number of nitrogens with one attached hydrogen (secondary N) is 2. The van der Waals surface area contributed by atoms with E-state index in [0.29, 0.717) is 30.9 Å². The van der Waals surface area contributed by atoms with E-state index in [9.17, 15) is 13.2 Å². The number of rotatable bonds is 5. The van der Waals surface area contributed by atoms with E-state index in [1.165, 1.54) is 4.31 Å². The van der Waals surface area contributed by atoms with Crippen LogP contribution in [0.3, 0.4) is 0 Å². The fourth-order valence-corrected chi connectivity index (χ4v) is 5.89. The number of aromatic amines is 1. The quantitative estimate of drug-likeness (QED) is 0.463. The zero-order valence-electron chi connectivity index (χ0n) is 18.2. The SMILES string of the molecule is Cc1ccc(S(=O)(=O)N2CCCC2C(=O)Nc2ccccc2-c2nc3ccccc3[nH]2)cc1. The summed E-state index contributed by atoms with van der Waals surface area (Å²) in [6.45, 7) is 2.22. The molecule has 1 aromatic heterocycles. The highest BCUT2D eigenvalue weighted by Gasteiger charge is 2.39. The Morgan fingerprint density at radius 1 is 1.03 bits per heavy atom. The average Bonchev–Trinajstić information content (AvgIpc) is 3.47. The lowest BCUT2D eigenvalue weighted by Crippen LogP contribution is -2.43. The van der Waals surface area contributed by atoms with Gasteiger partial charge in [0.25, 0.3) is 0 Å². The second-order valence-corrected chi connectivity index (χ2v) is 10.1. The number of para-hydroxylation sites is 3. The van der Waals surface area contributed by atoms with Crippen LogP contribution in [0.5, 0.6) is 0 Å². The maximum absolute atomic E-state index is 13.3. The van der Waals surface area contributed by atoms with Crippen LogP contribution >= 0.6 is 0 Å². The molecule has 1 aliphatic rings. The summed E-state index contributed by atoms with van der Waals surface area (Å²) in [6.07, 6.45) is 1.11. The topological polar surface area (TPSA) is 95.2 Å². The number of hydrogen-bond acceptors (Lipinski definition) is 4. The van der Waals surface area contributed by atoms with Crippen molar-refractivity contribution in [3.63, 3.8) is 0 Å². The van der Waals surface area contributed by atoms with Crippen LogP contribution in [0.4, 0.5) is 5.69 Å². The van der Waals surface area contributed by atoms with Gasteiger partial charge in [0.2, 0.25) is 15.9 Å². The molecule has 4 aromatic rings. The molecule has 8 heteroatoms. The van der Waals surface area contributed by atoms with Gasteiger partial charge >= 0.3 is 0 Å². The molecule has 1 fully saturated rings. The Hall–Kier alpha value is -3.49. The molecular weight excluding hydrogens is 436 g/mol. The molecule has 33 heavy (non-hydrogen) atoms. The highest BCUT2D eigenvalue weighted by Crippen LogP contribution is 2.30. The molecule has 5 rings (SSSR count). The van der Waals surface area contributed by atoms with Crippen LogP contribution in [0.25, 0.3) is 22.4 Å². The lowest BCUT2D eigenvalue weighted by Gasteiger charge is -2.24. The number of carbonyl (C=O) groups is 1. The monoisotopic (exact) mass is 460 g/mol. The summed E-state index contributed by atoms with van der Waals surface area (Å²) >= 11 is 0. The van der Waals surface area contributed by atoms with Gasteiger partial charge in [0.15, 0.2) is 0 Å². The molecule has 7 nitrogen and oxygen atoms in total. The van der Waals surface area contributed by atoms with Crippen LogP contribution in [0, 0.1) is 6.92 Å². The van der Waals surface area contributed by atoms with Gasteiger partial charge in [-0.15, -0.1) is 0 Å². The molecule has 168 valence electrons. The lowest BCUT2D eigenvalue weighted by atomic mass is 10.1. The molecule has 3 aromatic carbocycles. The molecule has 0 saturated carbocycles. The third-order valence-corrected chi connectivity index (χ3v) is 7.89. The predicted octanol–water partition coefficient (Wildman–Crippen LogP) is 4.33. The molecule has 0 radical (unpaired) electrons. The number of H-pyrrole nitrogens is 1. The summed E-state index contributed by atoms with van der Waals surface area (Å²) < 4.78 is 27.8. The van der Waals surface area contributed by atoms with Crippen molar-refractivity contribution in [3.8, 4) is 11.4 Å². The van der Waals surface area contributed by atoms with Crippen LogP contribution in [0.2, 0.25) is 0 Å². The first-order chi connectivity index (χ1) is 15.9. The van der Waals surface area contributed by atoms with Gasteiger partial charge in [0.1, 0.15) is 11.9 Å². The molecule has 1 saturated heterocycles. The summed E-state index contributed by atoms with van der Waals surface area (Å²) in [7, 11) is -3.77. The first kappa shape index (κ1) is 21.4. The van der Waals surface area contributed by atoms with Crippen molar-refractivity contribution in [2.24, 2.45) is 0 Å². The minimum Gasteiger partial charge on any atom is -0.338 e. The molecule has 2 heterocycles. The highest BCUT2D eigenvalue weighted by molar-refractivity contribution is 7.89. The molecule has 1 unspecified atom stereocenters. The van der Waals surface area contributed by atoms with E-state index >= 15 is 0 Å². The summed E-state index contributed by atoms with van der Waals surface area (Å²) in [4.78, 5) is 21.4. The van der Waals surface area contributed by atoms with Gasteiger partial charge in [-0.25, -0.2) is 13.4 Å². The van der Waals surface area contributed by atoms with E-state index < -0.39 is 16.1 Å². The van der Waals surface area contributed by atoms with Crippen molar-refractivity contribution in [1.29, 1.82) is 0 Å². The van der Waals surface area contributed by atoms with Crippen LogP contribution in [-0.2, 0) is 14.8 Å². The second-order valence-electron chi connectivity index (χ2n) is 8.22. The summed E-state index contributed by atoms with van der Waals surface area (Å²) in [5, 5.41) is 2.95. The molecule has 0 spiro atoms. The van der Waals surface area contributed by atoms with Crippen LogP contribution in [-0.4, -0.2) is 41.2 Å². The number of aromatic nitrogens is 2. The first-order valence-electron chi connectivity index (χ1n) is 10.9. The van der Waals surface area contributed by atoms with Crippen molar-refractivity contribution in [1.82, 2.24) is 14.3 Å². The number of carbonyl (C=O) groups excluding carboxylic acids is 1. The Morgan fingerprint density at radius 3 is 2.55 bits per heavy atom. The van der Waals surface area contributed by atoms with Gasteiger partial charge in [-0.2, -0.15) is 4.31 Å². The Labute approximate surface area is 192 Å². The largest absolute Gasteiger partial charge is 0.338 e. The van der Waals surface area contributed by atoms with E-state index in [0.717, 1.165) is 22.2 Å². The number of amides is 1.